The lowest BCUT2D eigenvalue weighted by Gasteiger charge is -2.08. The van der Waals surface area contributed by atoms with Crippen LogP contribution >= 0.6 is 0 Å². The fourth-order valence-corrected chi connectivity index (χ4v) is 1.93. The molecule has 0 radical (unpaired) electrons. The number of alkyl carbamates (subject to hydrolysis) is 1. The van der Waals surface area contributed by atoms with E-state index in [1.165, 1.54) is 0 Å². The first-order valence-electron chi connectivity index (χ1n) is 7.52. The molecule has 0 unspecified atom stereocenters. The van der Waals surface area contributed by atoms with Gasteiger partial charge in [-0.25, -0.2) is 4.79 Å². The maximum Gasteiger partial charge on any atom is 0.407 e. The second-order valence-corrected chi connectivity index (χ2v) is 5.14. The van der Waals surface area contributed by atoms with Crippen molar-refractivity contribution in [2.24, 2.45) is 5.73 Å². The number of carboxylic acids is 1. The van der Waals surface area contributed by atoms with Gasteiger partial charge in [0.05, 0.1) is 0 Å². The van der Waals surface area contributed by atoms with Gasteiger partial charge in [0.1, 0.15) is 12.6 Å². The largest absolute Gasteiger partial charge is 0.480 e. The van der Waals surface area contributed by atoms with Gasteiger partial charge in [-0.15, -0.1) is 0 Å². The number of carbonyl (C=O) groups excluding carboxylic acids is 1. The SMILES string of the molecule is N[C@H](CCCCCCNC(=O)OCc1ccccc1)C(=O)O. The van der Waals surface area contributed by atoms with E-state index >= 15 is 0 Å². The fraction of sp³-hybridized carbons (Fsp3) is 0.500. The molecule has 0 aliphatic heterocycles. The number of aliphatic carboxylic acids is 1. The second kappa shape index (κ2) is 10.6. The molecule has 0 saturated heterocycles. The molecule has 0 aromatic heterocycles. The Hall–Kier alpha value is -2.08. The Morgan fingerprint density at radius 3 is 2.50 bits per heavy atom. The van der Waals surface area contributed by atoms with E-state index in [4.69, 9.17) is 15.6 Å². The maximum atomic E-state index is 11.5. The monoisotopic (exact) mass is 308 g/mol. The fourth-order valence-electron chi connectivity index (χ4n) is 1.93. The molecule has 22 heavy (non-hydrogen) atoms. The van der Waals surface area contributed by atoms with Crippen LogP contribution in [0.25, 0.3) is 0 Å². The van der Waals surface area contributed by atoms with Crippen LogP contribution in [0, 0.1) is 0 Å². The molecule has 0 heterocycles. The van der Waals surface area contributed by atoms with Gasteiger partial charge in [-0.05, 0) is 18.4 Å². The standard InChI is InChI=1S/C16H24N2O4/c17-14(15(19)20)10-6-1-2-7-11-18-16(21)22-12-13-8-4-3-5-9-13/h3-5,8-9,14H,1-2,6-7,10-12,17H2,(H,18,21)(H,19,20)/t14-/m1/s1. The van der Waals surface area contributed by atoms with Crippen LogP contribution in [-0.2, 0) is 16.1 Å². The van der Waals surface area contributed by atoms with Crippen LogP contribution in [0.5, 0.6) is 0 Å². The van der Waals surface area contributed by atoms with Crippen LogP contribution < -0.4 is 11.1 Å². The molecule has 1 aromatic rings. The summed E-state index contributed by atoms with van der Waals surface area (Å²) >= 11 is 0. The van der Waals surface area contributed by atoms with Crippen molar-refractivity contribution in [3.63, 3.8) is 0 Å². The van der Waals surface area contributed by atoms with Gasteiger partial charge in [-0.3, -0.25) is 4.79 Å². The number of hydrogen-bond acceptors (Lipinski definition) is 4. The third-order valence-corrected chi connectivity index (χ3v) is 3.24. The predicted octanol–water partition coefficient (Wildman–Crippen LogP) is 2.28. The van der Waals surface area contributed by atoms with Gasteiger partial charge in [-0.1, -0.05) is 49.6 Å². The van der Waals surface area contributed by atoms with Crippen molar-refractivity contribution in [1.29, 1.82) is 0 Å². The molecule has 1 aromatic carbocycles. The van der Waals surface area contributed by atoms with Crippen molar-refractivity contribution in [3.05, 3.63) is 35.9 Å². The van der Waals surface area contributed by atoms with E-state index in [-0.39, 0.29) is 6.61 Å². The Kier molecular flexibility index (Phi) is 8.67. The summed E-state index contributed by atoms with van der Waals surface area (Å²) in [6.07, 6.45) is 3.51. The normalized spacial score (nSPS) is 11.7. The Balaban J connectivity index is 1.96. The summed E-state index contributed by atoms with van der Waals surface area (Å²) in [5.74, 6) is -0.956. The Morgan fingerprint density at radius 1 is 1.14 bits per heavy atom. The first-order valence-corrected chi connectivity index (χ1v) is 7.52. The summed E-state index contributed by atoms with van der Waals surface area (Å²) < 4.78 is 5.08. The molecule has 0 spiro atoms. The lowest BCUT2D eigenvalue weighted by Crippen LogP contribution is -2.29. The highest BCUT2D eigenvalue weighted by Gasteiger charge is 2.09. The average Bonchev–Trinajstić information content (AvgIpc) is 2.52. The van der Waals surface area contributed by atoms with Crippen LogP contribution in [0.1, 0.15) is 37.7 Å². The van der Waals surface area contributed by atoms with Crippen molar-refractivity contribution in [3.8, 4) is 0 Å². The quantitative estimate of drug-likeness (QED) is 0.576. The van der Waals surface area contributed by atoms with Crippen LogP contribution in [0.3, 0.4) is 0 Å². The molecule has 1 atom stereocenters. The van der Waals surface area contributed by atoms with Crippen LogP contribution in [0.15, 0.2) is 30.3 Å². The average molecular weight is 308 g/mol. The number of hydrogen-bond donors (Lipinski definition) is 3. The van der Waals surface area contributed by atoms with E-state index in [1.807, 2.05) is 30.3 Å². The number of rotatable bonds is 10. The summed E-state index contributed by atoms with van der Waals surface area (Å²) in [6.45, 7) is 0.818. The van der Waals surface area contributed by atoms with Gasteiger partial charge in [0, 0.05) is 6.54 Å². The number of nitrogens with one attached hydrogen (secondary N) is 1. The zero-order chi connectivity index (χ0) is 16.2. The molecule has 4 N–H and O–H groups in total. The van der Waals surface area contributed by atoms with Crippen LogP contribution in [-0.4, -0.2) is 29.8 Å². The number of carboxylic acid groups (broad SMARTS) is 1. The number of benzene rings is 1. The lowest BCUT2D eigenvalue weighted by atomic mass is 10.1. The summed E-state index contributed by atoms with van der Waals surface area (Å²) in [4.78, 5) is 22.0. The Labute approximate surface area is 130 Å². The van der Waals surface area contributed by atoms with Gasteiger partial charge < -0.3 is 20.9 Å². The molecule has 0 aliphatic rings. The van der Waals surface area contributed by atoms with Gasteiger partial charge >= 0.3 is 12.1 Å². The minimum atomic E-state index is -0.956. The zero-order valence-electron chi connectivity index (χ0n) is 12.7. The summed E-state index contributed by atoms with van der Waals surface area (Å²) in [5, 5.41) is 11.3. The molecule has 6 heteroatoms. The molecule has 0 bridgehead atoms. The van der Waals surface area contributed by atoms with E-state index in [9.17, 15) is 9.59 Å². The molecule has 0 fully saturated rings. The number of ether oxygens (including phenoxy) is 1. The van der Waals surface area contributed by atoms with Crippen LogP contribution in [0.2, 0.25) is 0 Å². The first kappa shape index (κ1) is 18.0. The van der Waals surface area contributed by atoms with E-state index < -0.39 is 18.1 Å². The molecular formula is C16H24N2O4. The van der Waals surface area contributed by atoms with Gasteiger partial charge in [0.15, 0.2) is 0 Å². The third-order valence-electron chi connectivity index (χ3n) is 3.24. The molecular weight excluding hydrogens is 284 g/mol. The smallest absolute Gasteiger partial charge is 0.407 e. The second-order valence-electron chi connectivity index (χ2n) is 5.14. The Bertz CT molecular complexity index is 451. The molecule has 0 saturated carbocycles. The van der Waals surface area contributed by atoms with E-state index in [0.29, 0.717) is 13.0 Å². The third kappa shape index (κ3) is 8.26. The van der Waals surface area contributed by atoms with Crippen molar-refractivity contribution >= 4 is 12.1 Å². The summed E-state index contributed by atoms with van der Waals surface area (Å²) in [5.41, 5.74) is 6.36. The maximum absolute atomic E-state index is 11.5. The minimum absolute atomic E-state index is 0.264. The van der Waals surface area contributed by atoms with E-state index in [0.717, 1.165) is 31.2 Å². The number of unbranched alkanes of at least 4 members (excludes halogenated alkanes) is 3. The van der Waals surface area contributed by atoms with Crippen molar-refractivity contribution in [2.75, 3.05) is 6.54 Å². The molecule has 1 rings (SSSR count). The number of amides is 1. The van der Waals surface area contributed by atoms with Gasteiger partial charge in [-0.2, -0.15) is 0 Å². The van der Waals surface area contributed by atoms with Crippen LogP contribution in [0.4, 0.5) is 4.79 Å². The molecule has 0 aliphatic carbocycles. The highest BCUT2D eigenvalue weighted by molar-refractivity contribution is 5.72. The highest BCUT2D eigenvalue weighted by atomic mass is 16.5. The zero-order valence-corrected chi connectivity index (χ0v) is 12.7. The van der Waals surface area contributed by atoms with E-state index in [1.54, 1.807) is 0 Å². The van der Waals surface area contributed by atoms with Crippen molar-refractivity contribution in [1.82, 2.24) is 5.32 Å². The van der Waals surface area contributed by atoms with Gasteiger partial charge in [0.2, 0.25) is 0 Å². The molecule has 1 amide bonds. The van der Waals surface area contributed by atoms with Crippen molar-refractivity contribution in [2.45, 2.75) is 44.8 Å². The first-order chi connectivity index (χ1) is 10.6. The minimum Gasteiger partial charge on any atom is -0.480 e. The predicted molar refractivity (Wildman–Crippen MR) is 83.3 cm³/mol. The Morgan fingerprint density at radius 2 is 1.82 bits per heavy atom. The van der Waals surface area contributed by atoms with E-state index in [2.05, 4.69) is 5.32 Å². The number of nitrogens with two attached hydrogens (primary N) is 1. The topological polar surface area (TPSA) is 102 Å². The summed E-state index contributed by atoms with van der Waals surface area (Å²) in [7, 11) is 0. The molecule has 122 valence electrons. The highest BCUT2D eigenvalue weighted by Crippen LogP contribution is 2.05. The van der Waals surface area contributed by atoms with Crippen molar-refractivity contribution < 1.29 is 19.4 Å². The lowest BCUT2D eigenvalue weighted by molar-refractivity contribution is -0.138. The number of carbonyl (C=O) groups is 2. The molecule has 6 nitrogen and oxygen atoms in total. The van der Waals surface area contributed by atoms with Gasteiger partial charge in [0.25, 0.3) is 0 Å². The summed E-state index contributed by atoms with van der Waals surface area (Å²) in [6, 6.07) is 8.72.